The van der Waals surface area contributed by atoms with Gasteiger partial charge in [-0.3, -0.25) is 4.90 Å². The fourth-order valence-electron chi connectivity index (χ4n) is 2.47. The molecule has 1 saturated heterocycles. The monoisotopic (exact) mass is 267 g/mol. The van der Waals surface area contributed by atoms with E-state index in [0.29, 0.717) is 18.0 Å². The molecular formula is C14H25N3S. The van der Waals surface area contributed by atoms with Gasteiger partial charge in [-0.15, -0.1) is 11.3 Å². The third kappa shape index (κ3) is 3.53. The molecular weight excluding hydrogens is 242 g/mol. The predicted octanol–water partition coefficient (Wildman–Crippen LogP) is 2.66. The molecule has 0 bridgehead atoms. The van der Waals surface area contributed by atoms with Gasteiger partial charge in [0.15, 0.2) is 0 Å². The van der Waals surface area contributed by atoms with E-state index in [0.717, 1.165) is 25.3 Å². The lowest BCUT2D eigenvalue weighted by molar-refractivity contribution is 0.184. The normalized spacial score (nSPS) is 26.5. The molecule has 1 fully saturated rings. The van der Waals surface area contributed by atoms with E-state index in [4.69, 9.17) is 0 Å². The summed E-state index contributed by atoms with van der Waals surface area (Å²) in [5, 5.41) is 7.08. The smallest absolute Gasteiger partial charge is 0.107 e. The van der Waals surface area contributed by atoms with Crippen LogP contribution >= 0.6 is 11.3 Å². The van der Waals surface area contributed by atoms with Crippen LogP contribution in [0.2, 0.25) is 0 Å². The van der Waals surface area contributed by atoms with Gasteiger partial charge in [0.1, 0.15) is 5.01 Å². The van der Waals surface area contributed by atoms with Gasteiger partial charge in [0, 0.05) is 29.7 Å². The van der Waals surface area contributed by atoms with Crippen molar-refractivity contribution in [2.24, 2.45) is 5.92 Å². The van der Waals surface area contributed by atoms with Gasteiger partial charge in [0.25, 0.3) is 0 Å². The Hall–Kier alpha value is -0.450. The molecule has 2 atom stereocenters. The molecule has 3 nitrogen and oxygen atoms in total. The van der Waals surface area contributed by atoms with Crippen molar-refractivity contribution in [2.75, 3.05) is 13.1 Å². The van der Waals surface area contributed by atoms with Gasteiger partial charge in [-0.25, -0.2) is 4.98 Å². The Morgan fingerprint density at radius 3 is 2.94 bits per heavy atom. The number of nitrogens with zero attached hydrogens (tertiary/aromatic N) is 2. The van der Waals surface area contributed by atoms with E-state index in [1.165, 1.54) is 11.4 Å². The lowest BCUT2D eigenvalue weighted by Gasteiger charge is -2.29. The van der Waals surface area contributed by atoms with Crippen molar-refractivity contribution in [3.63, 3.8) is 0 Å². The fourth-order valence-corrected chi connectivity index (χ4v) is 3.27. The van der Waals surface area contributed by atoms with Crippen LogP contribution in [0.4, 0.5) is 0 Å². The summed E-state index contributed by atoms with van der Waals surface area (Å²) in [6, 6.07) is 1.25. The molecule has 0 aromatic carbocycles. The zero-order valence-corrected chi connectivity index (χ0v) is 12.8. The van der Waals surface area contributed by atoms with Crippen LogP contribution in [0.5, 0.6) is 0 Å². The third-order valence-electron chi connectivity index (χ3n) is 3.83. The van der Waals surface area contributed by atoms with Gasteiger partial charge in [0.05, 0.1) is 6.54 Å². The number of hydrogen-bond acceptors (Lipinski definition) is 4. The average Bonchev–Trinajstić information content (AvgIpc) is 2.62. The minimum atomic E-state index is 0.607. The molecule has 18 heavy (non-hydrogen) atoms. The molecule has 2 heterocycles. The van der Waals surface area contributed by atoms with Crippen LogP contribution in [-0.2, 0) is 6.54 Å². The Bertz CT molecular complexity index is 375. The van der Waals surface area contributed by atoms with Crippen LogP contribution in [-0.4, -0.2) is 35.1 Å². The number of nitrogens with one attached hydrogen (secondary N) is 1. The van der Waals surface area contributed by atoms with Crippen molar-refractivity contribution in [2.45, 2.75) is 52.7 Å². The lowest BCUT2D eigenvalue weighted by atomic mass is 10.0. The highest BCUT2D eigenvalue weighted by Crippen LogP contribution is 2.18. The van der Waals surface area contributed by atoms with Crippen molar-refractivity contribution < 1.29 is 0 Å². The maximum Gasteiger partial charge on any atom is 0.107 e. The zero-order chi connectivity index (χ0) is 13.1. The highest BCUT2D eigenvalue weighted by molar-refractivity contribution is 7.09. The Labute approximate surface area is 115 Å². The van der Waals surface area contributed by atoms with Crippen molar-refractivity contribution in [3.8, 4) is 0 Å². The molecule has 1 aromatic rings. The molecule has 1 aromatic heterocycles. The van der Waals surface area contributed by atoms with Crippen LogP contribution in [0, 0.1) is 12.8 Å². The standard InChI is InChI=1S/C14H25N3S/c1-10(2)13-7-17(12(4)5-6-15-13)8-14-16-11(3)9-18-14/h9-10,12-13,15H,5-8H2,1-4H3. The second-order valence-corrected chi connectivity index (χ2v) is 6.70. The quantitative estimate of drug-likeness (QED) is 0.912. The van der Waals surface area contributed by atoms with E-state index in [1.54, 1.807) is 11.3 Å². The molecule has 1 aliphatic rings. The zero-order valence-electron chi connectivity index (χ0n) is 11.9. The van der Waals surface area contributed by atoms with Gasteiger partial charge < -0.3 is 5.32 Å². The summed E-state index contributed by atoms with van der Waals surface area (Å²) in [6.07, 6.45) is 1.23. The van der Waals surface area contributed by atoms with E-state index in [2.05, 4.69) is 48.3 Å². The number of rotatable bonds is 3. The summed E-state index contributed by atoms with van der Waals surface area (Å²) in [6.45, 7) is 12.3. The molecule has 2 rings (SSSR count). The number of thiazole rings is 1. The predicted molar refractivity (Wildman–Crippen MR) is 78.0 cm³/mol. The molecule has 0 amide bonds. The van der Waals surface area contributed by atoms with E-state index >= 15 is 0 Å². The highest BCUT2D eigenvalue weighted by atomic mass is 32.1. The first-order valence-corrected chi connectivity index (χ1v) is 7.82. The maximum atomic E-state index is 4.60. The summed E-state index contributed by atoms with van der Waals surface area (Å²) >= 11 is 1.79. The first-order chi connectivity index (χ1) is 8.56. The number of aryl methyl sites for hydroxylation is 1. The molecule has 1 N–H and O–H groups in total. The summed E-state index contributed by atoms with van der Waals surface area (Å²) in [5.41, 5.74) is 1.15. The maximum absolute atomic E-state index is 4.60. The number of aromatic nitrogens is 1. The molecule has 102 valence electrons. The Kier molecular flexibility index (Phi) is 4.76. The number of hydrogen-bond donors (Lipinski definition) is 1. The van der Waals surface area contributed by atoms with E-state index in [1.807, 2.05) is 0 Å². The first kappa shape index (κ1) is 14.0. The molecule has 0 spiro atoms. The fraction of sp³-hybridized carbons (Fsp3) is 0.786. The summed E-state index contributed by atoms with van der Waals surface area (Å²) in [4.78, 5) is 7.18. The Morgan fingerprint density at radius 2 is 2.33 bits per heavy atom. The average molecular weight is 267 g/mol. The van der Waals surface area contributed by atoms with Crippen LogP contribution < -0.4 is 5.32 Å². The summed E-state index contributed by atoms with van der Waals surface area (Å²) in [5.74, 6) is 0.691. The minimum absolute atomic E-state index is 0.607. The van der Waals surface area contributed by atoms with Crippen molar-refractivity contribution in [1.29, 1.82) is 0 Å². The highest BCUT2D eigenvalue weighted by Gasteiger charge is 2.25. The van der Waals surface area contributed by atoms with Crippen LogP contribution in [0.15, 0.2) is 5.38 Å². The molecule has 0 aliphatic carbocycles. The topological polar surface area (TPSA) is 28.2 Å². The van der Waals surface area contributed by atoms with E-state index < -0.39 is 0 Å². The van der Waals surface area contributed by atoms with Gasteiger partial charge in [-0.05, 0) is 32.7 Å². The van der Waals surface area contributed by atoms with E-state index in [-0.39, 0.29) is 0 Å². The SMILES string of the molecule is Cc1csc(CN2CC(C(C)C)NCCC2C)n1. The summed E-state index contributed by atoms with van der Waals surface area (Å²) in [7, 11) is 0. The first-order valence-electron chi connectivity index (χ1n) is 6.94. The Morgan fingerprint density at radius 1 is 1.56 bits per heavy atom. The second kappa shape index (κ2) is 6.13. The molecule has 0 saturated carbocycles. The molecule has 4 heteroatoms. The Balaban J connectivity index is 2.03. The van der Waals surface area contributed by atoms with Crippen LogP contribution in [0.25, 0.3) is 0 Å². The molecule has 2 unspecified atom stereocenters. The van der Waals surface area contributed by atoms with Crippen molar-refractivity contribution >= 4 is 11.3 Å². The van der Waals surface area contributed by atoms with Gasteiger partial charge >= 0.3 is 0 Å². The van der Waals surface area contributed by atoms with Crippen LogP contribution in [0.3, 0.4) is 0 Å². The van der Waals surface area contributed by atoms with Gasteiger partial charge in [0.2, 0.25) is 0 Å². The third-order valence-corrected chi connectivity index (χ3v) is 4.78. The van der Waals surface area contributed by atoms with Crippen LogP contribution in [0.1, 0.15) is 37.9 Å². The van der Waals surface area contributed by atoms with Crippen molar-refractivity contribution in [1.82, 2.24) is 15.2 Å². The summed E-state index contributed by atoms with van der Waals surface area (Å²) < 4.78 is 0. The molecule has 0 radical (unpaired) electrons. The van der Waals surface area contributed by atoms with Gasteiger partial charge in [-0.1, -0.05) is 13.8 Å². The minimum Gasteiger partial charge on any atom is -0.312 e. The van der Waals surface area contributed by atoms with Crippen molar-refractivity contribution in [3.05, 3.63) is 16.1 Å². The largest absolute Gasteiger partial charge is 0.312 e. The van der Waals surface area contributed by atoms with E-state index in [9.17, 15) is 0 Å². The second-order valence-electron chi connectivity index (χ2n) is 5.75. The van der Waals surface area contributed by atoms with Gasteiger partial charge in [-0.2, -0.15) is 0 Å². The lowest BCUT2D eigenvalue weighted by Crippen LogP contribution is -2.42. The molecule has 1 aliphatic heterocycles.